The van der Waals surface area contributed by atoms with Gasteiger partial charge in [-0.1, -0.05) is 61.7 Å². The zero-order valence-electron chi connectivity index (χ0n) is 17.4. The van der Waals surface area contributed by atoms with E-state index < -0.39 is 0 Å². The number of benzene rings is 3. The summed E-state index contributed by atoms with van der Waals surface area (Å²) in [5.74, 6) is 1.64. The molecule has 3 aromatic carbocycles. The van der Waals surface area contributed by atoms with Crippen LogP contribution in [0.3, 0.4) is 0 Å². The number of rotatable bonds is 6. The van der Waals surface area contributed by atoms with Gasteiger partial charge in [0.25, 0.3) is 0 Å². The molecule has 1 aliphatic rings. The molecule has 0 radical (unpaired) electrons. The second-order valence-electron chi connectivity index (χ2n) is 8.79. The third kappa shape index (κ3) is 4.95. The predicted octanol–water partition coefficient (Wildman–Crippen LogP) is 7.13. The van der Waals surface area contributed by atoms with Gasteiger partial charge >= 0.3 is 5.97 Å². The second kappa shape index (κ2) is 8.79. The van der Waals surface area contributed by atoms with Crippen LogP contribution in [0.5, 0.6) is 0 Å². The zero-order valence-corrected chi connectivity index (χ0v) is 18.3. The van der Waals surface area contributed by atoms with Crippen LogP contribution in [0, 0.1) is 5.92 Å². The first-order valence-electron chi connectivity index (χ1n) is 10.7. The highest BCUT2D eigenvalue weighted by molar-refractivity contribution is 7.99. The fourth-order valence-corrected chi connectivity index (χ4v) is 5.28. The normalized spacial score (nSPS) is 15.7. The molecule has 2 nitrogen and oxygen atoms in total. The van der Waals surface area contributed by atoms with Gasteiger partial charge in [0, 0.05) is 5.75 Å². The van der Waals surface area contributed by atoms with E-state index in [1.165, 1.54) is 59.2 Å². The summed E-state index contributed by atoms with van der Waals surface area (Å²) in [5.41, 5.74) is 0.902. The van der Waals surface area contributed by atoms with Crippen molar-refractivity contribution in [1.29, 1.82) is 0 Å². The molecule has 29 heavy (non-hydrogen) atoms. The van der Waals surface area contributed by atoms with Crippen LogP contribution in [0.1, 0.15) is 51.5 Å². The van der Waals surface area contributed by atoms with Crippen molar-refractivity contribution in [3.8, 4) is 0 Å². The van der Waals surface area contributed by atoms with Crippen molar-refractivity contribution < 1.29 is 9.53 Å². The molecule has 0 unspecified atom stereocenters. The van der Waals surface area contributed by atoms with Crippen molar-refractivity contribution in [2.75, 3.05) is 5.75 Å². The summed E-state index contributed by atoms with van der Waals surface area (Å²) in [5, 5.41) is 5.04. The Bertz CT molecular complexity index is 1000. The van der Waals surface area contributed by atoms with Crippen LogP contribution in [0.4, 0.5) is 0 Å². The van der Waals surface area contributed by atoms with Gasteiger partial charge in [-0.3, -0.25) is 4.79 Å². The Kier molecular flexibility index (Phi) is 6.15. The van der Waals surface area contributed by atoms with E-state index in [4.69, 9.17) is 4.74 Å². The van der Waals surface area contributed by atoms with Crippen LogP contribution in [-0.2, 0) is 15.3 Å². The molecular formula is C26H30O2S. The smallest absolute Gasteiger partial charge is 0.316 e. The molecule has 0 N–H and O–H groups in total. The summed E-state index contributed by atoms with van der Waals surface area (Å²) in [6.07, 6.45) is 6.20. The molecule has 0 aliphatic heterocycles. The number of fused-ring (bicyclic) bond motifs is 2. The van der Waals surface area contributed by atoms with Crippen molar-refractivity contribution in [2.45, 2.75) is 57.3 Å². The van der Waals surface area contributed by atoms with Crippen LogP contribution >= 0.6 is 11.8 Å². The molecule has 0 atom stereocenters. The van der Waals surface area contributed by atoms with Gasteiger partial charge in [-0.25, -0.2) is 0 Å². The van der Waals surface area contributed by atoms with Gasteiger partial charge in [-0.05, 0) is 71.8 Å². The molecule has 0 heterocycles. The van der Waals surface area contributed by atoms with Crippen LogP contribution in [-0.4, -0.2) is 17.3 Å². The average Bonchev–Trinajstić information content (AvgIpc) is 2.72. The molecule has 1 saturated carbocycles. The largest absolute Gasteiger partial charge is 0.459 e. The fraction of sp³-hybridized carbons (Fsp3) is 0.423. The lowest BCUT2D eigenvalue weighted by molar-refractivity contribution is -0.159. The van der Waals surface area contributed by atoms with Gasteiger partial charge in [-0.15, -0.1) is 11.8 Å². The molecule has 3 heteroatoms. The van der Waals surface area contributed by atoms with Crippen molar-refractivity contribution in [3.05, 3.63) is 60.2 Å². The third-order valence-electron chi connectivity index (χ3n) is 6.22. The van der Waals surface area contributed by atoms with Crippen LogP contribution in [0.25, 0.3) is 21.5 Å². The molecule has 152 valence electrons. The number of thioether (sulfide) groups is 1. The lowest BCUT2D eigenvalue weighted by Gasteiger charge is -2.36. The molecule has 0 spiro atoms. The molecule has 0 amide bonds. The SMILES string of the molecule is CC(C)(OC(=O)CSCc1ccc2cc3ccccc3cc2c1)C1CCCCC1. The Labute approximate surface area is 178 Å². The van der Waals surface area contributed by atoms with Crippen molar-refractivity contribution in [3.63, 3.8) is 0 Å². The molecule has 0 saturated heterocycles. The summed E-state index contributed by atoms with van der Waals surface area (Å²) in [6, 6.07) is 19.5. The maximum absolute atomic E-state index is 12.4. The topological polar surface area (TPSA) is 26.3 Å². The summed E-state index contributed by atoms with van der Waals surface area (Å²) < 4.78 is 5.87. The molecule has 1 fully saturated rings. The number of carbonyl (C=O) groups is 1. The van der Waals surface area contributed by atoms with Crippen LogP contribution in [0.2, 0.25) is 0 Å². The van der Waals surface area contributed by atoms with Gasteiger partial charge in [-0.2, -0.15) is 0 Å². The predicted molar refractivity (Wildman–Crippen MR) is 124 cm³/mol. The van der Waals surface area contributed by atoms with Crippen LogP contribution in [0.15, 0.2) is 54.6 Å². The van der Waals surface area contributed by atoms with E-state index in [-0.39, 0.29) is 11.6 Å². The van der Waals surface area contributed by atoms with Gasteiger partial charge in [0.15, 0.2) is 0 Å². The third-order valence-corrected chi connectivity index (χ3v) is 7.20. The first-order chi connectivity index (χ1) is 14.0. The molecule has 3 aromatic rings. The number of hydrogen-bond donors (Lipinski definition) is 0. The Morgan fingerprint density at radius 2 is 1.59 bits per heavy atom. The molecule has 0 aromatic heterocycles. The van der Waals surface area contributed by atoms with E-state index in [0.29, 0.717) is 11.7 Å². The van der Waals surface area contributed by atoms with E-state index in [2.05, 4.69) is 68.4 Å². The molecular weight excluding hydrogens is 376 g/mol. The summed E-state index contributed by atoms with van der Waals surface area (Å²) in [7, 11) is 0. The Hall–Kier alpha value is -2.00. The maximum Gasteiger partial charge on any atom is 0.316 e. The zero-order chi connectivity index (χ0) is 20.3. The quantitative estimate of drug-likeness (QED) is 0.322. The Morgan fingerprint density at radius 1 is 0.931 bits per heavy atom. The first-order valence-corrected chi connectivity index (χ1v) is 11.9. The van der Waals surface area contributed by atoms with Gasteiger partial charge in [0.2, 0.25) is 0 Å². The minimum atomic E-state index is -0.345. The van der Waals surface area contributed by atoms with E-state index in [9.17, 15) is 4.79 Å². The molecule has 1 aliphatic carbocycles. The minimum absolute atomic E-state index is 0.0858. The number of esters is 1. The van der Waals surface area contributed by atoms with Gasteiger partial charge < -0.3 is 4.74 Å². The van der Waals surface area contributed by atoms with E-state index >= 15 is 0 Å². The van der Waals surface area contributed by atoms with E-state index in [0.717, 1.165) is 5.75 Å². The van der Waals surface area contributed by atoms with Crippen LogP contribution < -0.4 is 0 Å². The van der Waals surface area contributed by atoms with Gasteiger partial charge in [0.05, 0.1) is 5.75 Å². The van der Waals surface area contributed by atoms with Gasteiger partial charge in [0.1, 0.15) is 5.60 Å². The monoisotopic (exact) mass is 406 g/mol. The van der Waals surface area contributed by atoms with Crippen molar-refractivity contribution in [2.24, 2.45) is 5.92 Å². The van der Waals surface area contributed by atoms with Crippen molar-refractivity contribution in [1.82, 2.24) is 0 Å². The van der Waals surface area contributed by atoms with Crippen molar-refractivity contribution >= 4 is 39.3 Å². The Balaban J connectivity index is 1.34. The highest BCUT2D eigenvalue weighted by Gasteiger charge is 2.33. The summed E-state index contributed by atoms with van der Waals surface area (Å²) in [4.78, 5) is 12.4. The fourth-order valence-electron chi connectivity index (χ4n) is 4.54. The molecule has 4 rings (SSSR count). The second-order valence-corrected chi connectivity index (χ2v) is 9.77. The standard InChI is InChI=1S/C26H30O2S/c1-26(2,24-10-4-3-5-11-24)28-25(27)18-29-17-19-12-13-22-15-20-8-6-7-9-21(20)16-23(22)14-19/h6-9,12-16,24H,3-5,10-11,17-18H2,1-2H3. The Morgan fingerprint density at radius 3 is 2.31 bits per heavy atom. The number of ether oxygens (including phenoxy) is 1. The van der Waals surface area contributed by atoms with E-state index in [1.807, 2.05) is 0 Å². The lowest BCUT2D eigenvalue weighted by Crippen LogP contribution is -2.38. The maximum atomic E-state index is 12.4. The first kappa shape index (κ1) is 20.3. The number of carbonyl (C=O) groups excluding carboxylic acids is 1. The summed E-state index contributed by atoms with van der Waals surface area (Å²) in [6.45, 7) is 4.17. The highest BCUT2D eigenvalue weighted by Crippen LogP contribution is 2.35. The number of hydrogen-bond acceptors (Lipinski definition) is 3. The summed E-state index contributed by atoms with van der Waals surface area (Å²) >= 11 is 1.64. The minimum Gasteiger partial charge on any atom is -0.459 e. The van der Waals surface area contributed by atoms with E-state index in [1.54, 1.807) is 11.8 Å². The lowest BCUT2D eigenvalue weighted by atomic mass is 9.79. The highest BCUT2D eigenvalue weighted by atomic mass is 32.2. The average molecular weight is 407 g/mol. The molecule has 0 bridgehead atoms.